The molecular weight excluding hydrogens is 368 g/mol. The number of nitrogens with zero attached hydrogens (tertiary/aromatic N) is 1. The van der Waals surface area contributed by atoms with Gasteiger partial charge in [0, 0.05) is 18.7 Å². The van der Waals surface area contributed by atoms with Crippen LogP contribution in [0.1, 0.15) is 70.3 Å². The van der Waals surface area contributed by atoms with Gasteiger partial charge in [0.15, 0.2) is 6.10 Å². The molecule has 0 aliphatic carbocycles. The molecule has 6 nitrogen and oxygen atoms in total. The monoisotopic (exact) mass is 402 g/mol. The maximum absolute atomic E-state index is 12.7. The Morgan fingerprint density at radius 3 is 2.03 bits per heavy atom. The number of amides is 2. The topological polar surface area (TPSA) is 75.7 Å². The molecule has 6 heteroatoms. The molecule has 0 saturated carbocycles. The Hall–Kier alpha value is -2.37. The largest absolute Gasteiger partial charge is 0.451 e. The van der Waals surface area contributed by atoms with E-state index >= 15 is 0 Å². The van der Waals surface area contributed by atoms with E-state index in [0.29, 0.717) is 18.7 Å². The summed E-state index contributed by atoms with van der Waals surface area (Å²) in [5.74, 6) is -1.27. The molecule has 1 fully saturated rings. The Morgan fingerprint density at radius 2 is 1.55 bits per heavy atom. The number of ether oxygens (including phenoxy) is 1. The number of carbonyl (C=O) groups excluding carboxylic acids is 3. The molecule has 1 N–H and O–H groups in total. The molecule has 2 atom stereocenters. The maximum atomic E-state index is 12.7. The number of likely N-dealkylation sites (tertiary alicyclic amines) is 1. The van der Waals surface area contributed by atoms with Gasteiger partial charge in [-0.05, 0) is 48.8 Å². The van der Waals surface area contributed by atoms with Crippen LogP contribution in [0.5, 0.6) is 0 Å². The van der Waals surface area contributed by atoms with Crippen molar-refractivity contribution in [3.63, 3.8) is 0 Å². The lowest BCUT2D eigenvalue weighted by molar-refractivity contribution is -0.161. The van der Waals surface area contributed by atoms with Crippen molar-refractivity contribution >= 4 is 17.8 Å². The average molecular weight is 403 g/mol. The van der Waals surface area contributed by atoms with Crippen LogP contribution >= 0.6 is 0 Å². The van der Waals surface area contributed by atoms with Gasteiger partial charge in [-0.1, -0.05) is 46.8 Å². The van der Waals surface area contributed by atoms with Gasteiger partial charge >= 0.3 is 5.97 Å². The molecule has 1 aromatic carbocycles. The van der Waals surface area contributed by atoms with Crippen molar-refractivity contribution in [1.82, 2.24) is 10.2 Å². The van der Waals surface area contributed by atoms with Gasteiger partial charge in [0.1, 0.15) is 6.04 Å². The molecule has 0 unspecified atom stereocenters. The second kappa shape index (κ2) is 9.42. The normalized spacial score (nSPS) is 16.4. The first-order chi connectivity index (χ1) is 13.5. The Balaban J connectivity index is 2.01. The molecule has 1 saturated heterocycles. The average Bonchev–Trinajstić information content (AvgIpc) is 3.18. The third-order valence-corrected chi connectivity index (χ3v) is 5.28. The van der Waals surface area contributed by atoms with Gasteiger partial charge in [-0.25, -0.2) is 4.79 Å². The highest BCUT2D eigenvalue weighted by Gasteiger charge is 2.31. The van der Waals surface area contributed by atoms with Gasteiger partial charge < -0.3 is 15.0 Å². The minimum Gasteiger partial charge on any atom is -0.451 e. The molecule has 0 spiro atoms. The molecule has 0 aromatic heterocycles. The molecular formula is C23H34N2O4. The van der Waals surface area contributed by atoms with E-state index in [9.17, 15) is 14.4 Å². The first-order valence-electron chi connectivity index (χ1n) is 10.4. The van der Waals surface area contributed by atoms with Gasteiger partial charge in [-0.15, -0.1) is 0 Å². The summed E-state index contributed by atoms with van der Waals surface area (Å²) in [5, 5.41) is 2.77. The van der Waals surface area contributed by atoms with E-state index in [4.69, 9.17) is 4.74 Å². The van der Waals surface area contributed by atoms with Crippen LogP contribution in [0.3, 0.4) is 0 Å². The fourth-order valence-corrected chi connectivity index (χ4v) is 3.34. The zero-order chi connectivity index (χ0) is 21.8. The number of hydrogen-bond acceptors (Lipinski definition) is 4. The van der Waals surface area contributed by atoms with Crippen LogP contribution in [0.25, 0.3) is 0 Å². The lowest BCUT2D eigenvalue weighted by Gasteiger charge is -2.25. The second-order valence-corrected chi connectivity index (χ2v) is 9.13. The van der Waals surface area contributed by atoms with E-state index in [2.05, 4.69) is 26.1 Å². The van der Waals surface area contributed by atoms with E-state index in [0.717, 1.165) is 18.4 Å². The predicted octanol–water partition coefficient (Wildman–Crippen LogP) is 3.29. The molecule has 1 heterocycles. The second-order valence-electron chi connectivity index (χ2n) is 9.13. The minimum absolute atomic E-state index is 0.00268. The van der Waals surface area contributed by atoms with Gasteiger partial charge in [0.05, 0.1) is 0 Å². The highest BCUT2D eigenvalue weighted by atomic mass is 16.5. The zero-order valence-electron chi connectivity index (χ0n) is 18.5. The predicted molar refractivity (Wildman–Crippen MR) is 113 cm³/mol. The summed E-state index contributed by atoms with van der Waals surface area (Å²) in [4.78, 5) is 39.4. The summed E-state index contributed by atoms with van der Waals surface area (Å²) >= 11 is 0. The summed E-state index contributed by atoms with van der Waals surface area (Å²) in [5.41, 5.74) is 1.61. The zero-order valence-corrected chi connectivity index (χ0v) is 18.5. The molecule has 0 radical (unpaired) electrons. The van der Waals surface area contributed by atoms with Crippen molar-refractivity contribution in [2.75, 3.05) is 13.1 Å². The van der Waals surface area contributed by atoms with Gasteiger partial charge in [0.2, 0.25) is 0 Å². The quantitative estimate of drug-likeness (QED) is 0.741. The van der Waals surface area contributed by atoms with Crippen LogP contribution in [0, 0.1) is 5.92 Å². The SMILES string of the molecule is CC(C)[C@H](NC(=O)c1ccc(C(C)(C)C)cc1)C(=O)O[C@@H](C)C(=O)N1CCCC1. The molecule has 2 amide bonds. The van der Waals surface area contributed by atoms with Crippen molar-refractivity contribution in [1.29, 1.82) is 0 Å². The molecule has 1 aliphatic rings. The molecule has 29 heavy (non-hydrogen) atoms. The third kappa shape index (κ3) is 6.05. The number of hydrogen-bond donors (Lipinski definition) is 1. The van der Waals surface area contributed by atoms with Crippen molar-refractivity contribution in [2.24, 2.45) is 5.92 Å². The molecule has 0 bridgehead atoms. The fourth-order valence-electron chi connectivity index (χ4n) is 3.34. The number of benzene rings is 1. The molecule has 1 aromatic rings. The van der Waals surface area contributed by atoms with Crippen molar-refractivity contribution in [3.8, 4) is 0 Å². The van der Waals surface area contributed by atoms with Crippen LogP contribution < -0.4 is 5.32 Å². The standard InChI is InChI=1S/C23H34N2O4/c1-15(2)19(22(28)29-16(3)21(27)25-13-7-8-14-25)24-20(26)17-9-11-18(12-10-17)23(4,5)6/h9-12,15-16,19H,7-8,13-14H2,1-6H3,(H,24,26)/t16-,19-/m0/s1. The highest BCUT2D eigenvalue weighted by Crippen LogP contribution is 2.22. The van der Waals surface area contributed by atoms with Crippen LogP contribution in [0.15, 0.2) is 24.3 Å². The number of nitrogens with one attached hydrogen (secondary N) is 1. The summed E-state index contributed by atoms with van der Waals surface area (Å²) in [7, 11) is 0. The van der Waals surface area contributed by atoms with E-state index in [1.165, 1.54) is 0 Å². The third-order valence-electron chi connectivity index (χ3n) is 5.28. The molecule has 1 aliphatic heterocycles. The smallest absolute Gasteiger partial charge is 0.329 e. The summed E-state index contributed by atoms with van der Waals surface area (Å²) in [6, 6.07) is 6.55. The summed E-state index contributed by atoms with van der Waals surface area (Å²) < 4.78 is 5.40. The lowest BCUT2D eigenvalue weighted by Crippen LogP contribution is -2.48. The van der Waals surface area contributed by atoms with Gasteiger partial charge in [-0.2, -0.15) is 0 Å². The summed E-state index contributed by atoms with van der Waals surface area (Å²) in [6.45, 7) is 13.0. The van der Waals surface area contributed by atoms with Crippen molar-refractivity contribution < 1.29 is 19.1 Å². The summed E-state index contributed by atoms with van der Waals surface area (Å²) in [6.07, 6.45) is 1.10. The van der Waals surface area contributed by atoms with E-state index in [1.54, 1.807) is 24.0 Å². The number of rotatable bonds is 6. The molecule has 2 rings (SSSR count). The molecule has 160 valence electrons. The number of carbonyl (C=O) groups is 3. The number of esters is 1. The van der Waals surface area contributed by atoms with Gasteiger partial charge in [0.25, 0.3) is 11.8 Å². The van der Waals surface area contributed by atoms with Crippen LogP contribution in [0.4, 0.5) is 0 Å². The first kappa shape index (κ1) is 22.9. The Bertz CT molecular complexity index is 728. The van der Waals surface area contributed by atoms with Crippen molar-refractivity contribution in [3.05, 3.63) is 35.4 Å². The van der Waals surface area contributed by atoms with E-state index in [1.807, 2.05) is 26.0 Å². The Morgan fingerprint density at radius 1 is 1.00 bits per heavy atom. The van der Waals surface area contributed by atoms with Gasteiger partial charge in [-0.3, -0.25) is 9.59 Å². The van der Waals surface area contributed by atoms with E-state index in [-0.39, 0.29) is 23.1 Å². The maximum Gasteiger partial charge on any atom is 0.329 e. The Kier molecular flexibility index (Phi) is 7.44. The lowest BCUT2D eigenvalue weighted by atomic mass is 9.86. The minimum atomic E-state index is -0.857. The van der Waals surface area contributed by atoms with Crippen LogP contribution in [-0.4, -0.2) is 47.9 Å². The fraction of sp³-hybridized carbons (Fsp3) is 0.609. The first-order valence-corrected chi connectivity index (χ1v) is 10.4. The van der Waals surface area contributed by atoms with E-state index < -0.39 is 18.1 Å². The highest BCUT2D eigenvalue weighted by molar-refractivity contribution is 5.97. The Labute approximate surface area is 174 Å². The van der Waals surface area contributed by atoms with Crippen LogP contribution in [-0.2, 0) is 19.7 Å². The van der Waals surface area contributed by atoms with Crippen LogP contribution in [0.2, 0.25) is 0 Å². The van der Waals surface area contributed by atoms with Crippen molar-refractivity contribution in [2.45, 2.75) is 71.9 Å².